The number of thioether (sulfide) groups is 1. The van der Waals surface area contributed by atoms with Crippen LogP contribution in [0.4, 0.5) is 4.39 Å². The van der Waals surface area contributed by atoms with Crippen molar-refractivity contribution in [1.29, 1.82) is 0 Å². The van der Waals surface area contributed by atoms with Crippen LogP contribution in [-0.4, -0.2) is 23.6 Å². The Bertz CT molecular complexity index is 252. The van der Waals surface area contributed by atoms with Gasteiger partial charge in [-0.3, -0.25) is 0 Å². The molecule has 1 unspecified atom stereocenters. The molecule has 0 heterocycles. The third-order valence-corrected chi connectivity index (χ3v) is 2.66. The third kappa shape index (κ3) is 3.65. The van der Waals surface area contributed by atoms with Gasteiger partial charge in [0, 0.05) is 17.2 Å². The first-order valence-corrected chi connectivity index (χ1v) is 4.97. The van der Waals surface area contributed by atoms with Crippen molar-refractivity contribution in [3.63, 3.8) is 0 Å². The highest BCUT2D eigenvalue weighted by Crippen LogP contribution is 2.21. The van der Waals surface area contributed by atoms with Crippen molar-refractivity contribution < 1.29 is 9.50 Å². The van der Waals surface area contributed by atoms with Gasteiger partial charge in [0.05, 0.1) is 0 Å². The van der Waals surface area contributed by atoms with Crippen molar-refractivity contribution in [3.05, 3.63) is 24.3 Å². The van der Waals surface area contributed by atoms with E-state index in [2.05, 4.69) is 0 Å². The highest BCUT2D eigenvalue weighted by molar-refractivity contribution is 7.99. The molecule has 0 bridgehead atoms. The lowest BCUT2D eigenvalue weighted by molar-refractivity contribution is 0.376. The van der Waals surface area contributed by atoms with E-state index in [0.29, 0.717) is 5.75 Å². The Morgan fingerprint density at radius 2 is 2.00 bits per heavy atom. The van der Waals surface area contributed by atoms with Gasteiger partial charge in [0.25, 0.3) is 0 Å². The number of benzene rings is 1. The lowest BCUT2D eigenvalue weighted by Crippen LogP contribution is -2.17. The fourth-order valence-corrected chi connectivity index (χ4v) is 1.63. The summed E-state index contributed by atoms with van der Waals surface area (Å²) < 4.78 is 12.7. The maximum absolute atomic E-state index is 12.7. The molecule has 0 aliphatic carbocycles. The average molecular weight is 201 g/mol. The van der Waals surface area contributed by atoms with Crippen molar-refractivity contribution in [2.75, 3.05) is 12.3 Å². The molecule has 0 fully saturated rings. The normalized spacial score (nSPS) is 12.8. The van der Waals surface area contributed by atoms with Crippen LogP contribution in [0.5, 0.6) is 5.75 Å². The van der Waals surface area contributed by atoms with Crippen molar-refractivity contribution in [1.82, 2.24) is 0 Å². The van der Waals surface area contributed by atoms with E-state index in [1.54, 1.807) is 24.3 Å². The SMILES string of the molecule is NCC(F)CSc1ccc(O)cc1. The fourth-order valence-electron chi connectivity index (χ4n) is 0.797. The molecule has 1 aromatic carbocycles. The van der Waals surface area contributed by atoms with Crippen LogP contribution in [0.2, 0.25) is 0 Å². The standard InChI is InChI=1S/C9H12FNOS/c10-7(5-11)6-13-9-3-1-8(12)2-4-9/h1-4,7,12H,5-6,11H2. The van der Waals surface area contributed by atoms with Crippen LogP contribution in [-0.2, 0) is 0 Å². The molecule has 0 amide bonds. The van der Waals surface area contributed by atoms with E-state index in [4.69, 9.17) is 10.8 Å². The molecule has 0 radical (unpaired) electrons. The summed E-state index contributed by atoms with van der Waals surface area (Å²) in [4.78, 5) is 0.939. The van der Waals surface area contributed by atoms with E-state index in [9.17, 15) is 4.39 Å². The monoisotopic (exact) mass is 201 g/mol. The molecule has 2 nitrogen and oxygen atoms in total. The lowest BCUT2D eigenvalue weighted by atomic mass is 10.3. The van der Waals surface area contributed by atoms with Gasteiger partial charge in [0.1, 0.15) is 11.9 Å². The van der Waals surface area contributed by atoms with E-state index < -0.39 is 6.17 Å². The summed E-state index contributed by atoms with van der Waals surface area (Å²) >= 11 is 1.40. The summed E-state index contributed by atoms with van der Waals surface area (Å²) in [6, 6.07) is 6.67. The number of hydrogen-bond donors (Lipinski definition) is 2. The molecule has 13 heavy (non-hydrogen) atoms. The molecule has 0 aliphatic rings. The number of nitrogens with two attached hydrogens (primary N) is 1. The van der Waals surface area contributed by atoms with Crippen LogP contribution in [0.1, 0.15) is 0 Å². The smallest absolute Gasteiger partial charge is 0.122 e. The molecular weight excluding hydrogens is 189 g/mol. The molecule has 1 rings (SSSR count). The minimum atomic E-state index is -0.959. The second-order valence-corrected chi connectivity index (χ2v) is 3.73. The maximum Gasteiger partial charge on any atom is 0.122 e. The van der Waals surface area contributed by atoms with E-state index >= 15 is 0 Å². The second-order valence-electron chi connectivity index (χ2n) is 2.64. The van der Waals surface area contributed by atoms with Crippen LogP contribution in [0.15, 0.2) is 29.2 Å². The molecule has 3 N–H and O–H groups in total. The highest BCUT2D eigenvalue weighted by atomic mass is 32.2. The lowest BCUT2D eigenvalue weighted by Gasteiger charge is -2.04. The van der Waals surface area contributed by atoms with Gasteiger partial charge < -0.3 is 10.8 Å². The number of phenolic OH excluding ortho intramolecular Hbond substituents is 1. The van der Waals surface area contributed by atoms with Gasteiger partial charge >= 0.3 is 0 Å². The number of hydrogen-bond acceptors (Lipinski definition) is 3. The minimum Gasteiger partial charge on any atom is -0.508 e. The number of aromatic hydroxyl groups is 1. The third-order valence-electron chi connectivity index (χ3n) is 1.52. The number of rotatable bonds is 4. The van der Waals surface area contributed by atoms with E-state index in [-0.39, 0.29) is 12.3 Å². The maximum atomic E-state index is 12.7. The summed E-state index contributed by atoms with van der Waals surface area (Å²) in [6.45, 7) is 0.0606. The number of phenols is 1. The van der Waals surface area contributed by atoms with Crippen LogP contribution in [0.3, 0.4) is 0 Å². The number of halogens is 1. The molecule has 0 saturated heterocycles. The Balaban J connectivity index is 2.41. The Kier molecular flexibility index (Phi) is 4.05. The van der Waals surface area contributed by atoms with Gasteiger partial charge in [0.15, 0.2) is 0 Å². The summed E-state index contributed by atoms with van der Waals surface area (Å²) in [5.74, 6) is 0.585. The van der Waals surface area contributed by atoms with Gasteiger partial charge in [-0.05, 0) is 24.3 Å². The second kappa shape index (κ2) is 5.09. The van der Waals surface area contributed by atoms with Gasteiger partial charge in [-0.2, -0.15) is 0 Å². The molecule has 1 atom stereocenters. The van der Waals surface area contributed by atoms with Gasteiger partial charge in [-0.15, -0.1) is 11.8 Å². The molecule has 0 spiro atoms. The van der Waals surface area contributed by atoms with Crippen molar-refractivity contribution in [2.24, 2.45) is 5.73 Å². The molecular formula is C9H12FNOS. The summed E-state index contributed by atoms with van der Waals surface area (Å²) in [5, 5.41) is 8.98. The Morgan fingerprint density at radius 3 is 2.54 bits per heavy atom. The van der Waals surface area contributed by atoms with E-state index in [0.717, 1.165) is 4.90 Å². The van der Waals surface area contributed by atoms with E-state index in [1.165, 1.54) is 11.8 Å². The zero-order valence-electron chi connectivity index (χ0n) is 7.11. The van der Waals surface area contributed by atoms with Crippen LogP contribution >= 0.6 is 11.8 Å². The molecule has 0 aliphatic heterocycles. The Labute approximate surface area is 80.9 Å². The predicted molar refractivity (Wildman–Crippen MR) is 52.8 cm³/mol. The Hall–Kier alpha value is -0.740. The molecule has 72 valence electrons. The molecule has 0 saturated carbocycles. The van der Waals surface area contributed by atoms with Crippen molar-refractivity contribution in [3.8, 4) is 5.75 Å². The first-order valence-electron chi connectivity index (χ1n) is 3.98. The zero-order valence-corrected chi connectivity index (χ0v) is 7.93. The Morgan fingerprint density at radius 1 is 1.38 bits per heavy atom. The summed E-state index contributed by atoms with van der Waals surface area (Å²) in [5.41, 5.74) is 5.13. The van der Waals surface area contributed by atoms with Crippen molar-refractivity contribution >= 4 is 11.8 Å². The van der Waals surface area contributed by atoms with Gasteiger partial charge in [-0.25, -0.2) is 4.39 Å². The van der Waals surface area contributed by atoms with Gasteiger partial charge in [0.2, 0.25) is 0 Å². The first kappa shape index (κ1) is 10.3. The van der Waals surface area contributed by atoms with Crippen LogP contribution < -0.4 is 5.73 Å². The fraction of sp³-hybridized carbons (Fsp3) is 0.333. The largest absolute Gasteiger partial charge is 0.508 e. The topological polar surface area (TPSA) is 46.2 Å². The molecule has 1 aromatic rings. The number of alkyl halides is 1. The van der Waals surface area contributed by atoms with Crippen molar-refractivity contribution in [2.45, 2.75) is 11.1 Å². The predicted octanol–water partition coefficient (Wildman–Crippen LogP) is 1.78. The van der Waals surface area contributed by atoms with Gasteiger partial charge in [-0.1, -0.05) is 0 Å². The average Bonchev–Trinajstić information content (AvgIpc) is 2.16. The minimum absolute atomic E-state index is 0.0606. The summed E-state index contributed by atoms with van der Waals surface area (Å²) in [6.07, 6.45) is -0.959. The summed E-state index contributed by atoms with van der Waals surface area (Å²) in [7, 11) is 0. The first-order chi connectivity index (χ1) is 6.22. The zero-order chi connectivity index (χ0) is 9.68. The van der Waals surface area contributed by atoms with Crippen LogP contribution in [0.25, 0.3) is 0 Å². The van der Waals surface area contributed by atoms with Crippen LogP contribution in [0, 0.1) is 0 Å². The highest BCUT2D eigenvalue weighted by Gasteiger charge is 2.03. The van der Waals surface area contributed by atoms with E-state index in [1.807, 2.05) is 0 Å². The quantitative estimate of drug-likeness (QED) is 0.730. The molecule has 4 heteroatoms. The molecule has 0 aromatic heterocycles.